The molecule has 3 aromatic rings. The van der Waals surface area contributed by atoms with Gasteiger partial charge in [-0.15, -0.1) is 0 Å². The highest BCUT2D eigenvalue weighted by Gasteiger charge is 2.16. The van der Waals surface area contributed by atoms with E-state index in [-0.39, 0.29) is 16.5 Å². The van der Waals surface area contributed by atoms with Crippen LogP contribution in [0.2, 0.25) is 5.02 Å². The number of halogens is 3. The summed E-state index contributed by atoms with van der Waals surface area (Å²) in [6.45, 7) is 0. The van der Waals surface area contributed by atoms with Crippen LogP contribution < -0.4 is 15.8 Å². The first-order chi connectivity index (χ1) is 14.9. The number of nitrogens with two attached hydrogens (primary N) is 1. The maximum atomic E-state index is 14.7. The average Bonchev–Trinajstić information content (AvgIpc) is 2.97. The fourth-order valence-electron chi connectivity index (χ4n) is 3.25. The van der Waals surface area contributed by atoms with Gasteiger partial charge in [0.25, 0.3) is 0 Å². The van der Waals surface area contributed by atoms with E-state index in [1.165, 1.54) is 12.1 Å². The zero-order valence-electron chi connectivity index (χ0n) is 16.1. The van der Waals surface area contributed by atoms with Crippen LogP contribution in [0.25, 0.3) is 16.5 Å². The number of primary amides is 1. The molecule has 0 fully saturated rings. The van der Waals surface area contributed by atoms with E-state index >= 15 is 0 Å². The average molecular weight is 551 g/mol. The van der Waals surface area contributed by atoms with Crippen molar-refractivity contribution in [2.45, 2.75) is 16.8 Å². The maximum absolute atomic E-state index is 14.7. The number of nitrogens with one attached hydrogen (secondary N) is 1. The molecule has 4 rings (SSSR count). The van der Waals surface area contributed by atoms with E-state index in [1.54, 1.807) is 12.3 Å². The Kier molecular flexibility index (Phi) is 6.38. The third-order valence-electron chi connectivity index (χ3n) is 4.77. The summed E-state index contributed by atoms with van der Waals surface area (Å²) < 4.78 is 20.9. The molecule has 1 aromatic heterocycles. The van der Waals surface area contributed by atoms with Crippen molar-refractivity contribution in [1.82, 2.24) is 4.98 Å². The molecule has 1 aliphatic rings. The minimum absolute atomic E-state index is 0.0660. The van der Waals surface area contributed by atoms with E-state index in [1.807, 2.05) is 30.6 Å². The van der Waals surface area contributed by atoms with E-state index in [0.29, 0.717) is 15.2 Å². The molecule has 1 aliphatic heterocycles. The fraction of sp³-hybridized carbons (Fsp3) is 0.136. The molecule has 0 radical (unpaired) electrons. The molecule has 1 atom stereocenters. The summed E-state index contributed by atoms with van der Waals surface area (Å²) in [7, 11) is 0. The number of aromatic nitrogens is 1. The molecule has 0 saturated heterocycles. The molecule has 1 unspecified atom stereocenters. The summed E-state index contributed by atoms with van der Waals surface area (Å²) >= 11 is 8.38. The minimum atomic E-state index is -0.839. The normalized spacial score (nSPS) is 16.0. The van der Waals surface area contributed by atoms with Crippen LogP contribution in [0.5, 0.6) is 11.5 Å². The summed E-state index contributed by atoms with van der Waals surface area (Å²) in [5.41, 5.74) is 8.03. The summed E-state index contributed by atoms with van der Waals surface area (Å²) in [4.78, 5) is 19.8. The van der Waals surface area contributed by atoms with Crippen molar-refractivity contribution in [2.75, 3.05) is 5.32 Å². The molecule has 2 aromatic carbocycles. The van der Waals surface area contributed by atoms with Crippen molar-refractivity contribution in [3.63, 3.8) is 0 Å². The second-order valence-electron chi connectivity index (χ2n) is 6.88. The second kappa shape index (κ2) is 9.19. The van der Waals surface area contributed by atoms with Crippen molar-refractivity contribution in [1.29, 1.82) is 0 Å². The Bertz CT molecular complexity index is 1230. The number of allylic oxidation sites excluding steroid dienone is 1. The molecule has 9 heteroatoms. The number of fused-ring (bicyclic) bond motifs is 1. The van der Waals surface area contributed by atoms with Crippen LogP contribution in [-0.2, 0) is 0 Å². The molecule has 2 heterocycles. The summed E-state index contributed by atoms with van der Waals surface area (Å²) in [6, 6.07) is 9.46. The topological polar surface area (TPSA) is 89.6 Å². The zero-order valence-corrected chi connectivity index (χ0v) is 19.0. The van der Waals surface area contributed by atoms with Gasteiger partial charge in [-0.05, 0) is 54.3 Å². The predicted octanol–water partition coefficient (Wildman–Crippen LogP) is 6.32. The van der Waals surface area contributed by atoms with Gasteiger partial charge in [0.1, 0.15) is 10.8 Å². The van der Waals surface area contributed by atoms with Gasteiger partial charge in [0, 0.05) is 27.9 Å². The van der Waals surface area contributed by atoms with Gasteiger partial charge in [-0.1, -0.05) is 40.3 Å². The van der Waals surface area contributed by atoms with Crippen molar-refractivity contribution >= 4 is 68.6 Å². The lowest BCUT2D eigenvalue weighted by Gasteiger charge is -2.13. The van der Waals surface area contributed by atoms with Crippen LogP contribution in [-0.4, -0.2) is 21.2 Å². The van der Waals surface area contributed by atoms with Crippen LogP contribution in [0.3, 0.4) is 0 Å². The number of benzene rings is 2. The summed E-state index contributed by atoms with van der Waals surface area (Å²) in [5.74, 6) is -0.447. The van der Waals surface area contributed by atoms with Gasteiger partial charge in [-0.3, -0.25) is 9.98 Å². The molecule has 0 bridgehead atoms. The summed E-state index contributed by atoms with van der Waals surface area (Å²) in [6.07, 6.45) is 7.38. The van der Waals surface area contributed by atoms with E-state index in [2.05, 4.69) is 37.9 Å². The monoisotopic (exact) mass is 550 g/mol. The Morgan fingerprint density at radius 2 is 2.10 bits per heavy atom. The summed E-state index contributed by atoms with van der Waals surface area (Å²) in [5, 5.41) is 2.71. The van der Waals surface area contributed by atoms with Gasteiger partial charge in [-0.2, -0.15) is 0 Å². The zero-order chi connectivity index (χ0) is 22.0. The van der Waals surface area contributed by atoms with E-state index in [9.17, 15) is 9.18 Å². The van der Waals surface area contributed by atoms with Gasteiger partial charge >= 0.3 is 6.03 Å². The highest BCUT2D eigenvalue weighted by atomic mass is 127. The predicted molar refractivity (Wildman–Crippen MR) is 130 cm³/mol. The molecule has 0 saturated carbocycles. The number of rotatable bonds is 4. The van der Waals surface area contributed by atoms with Crippen LogP contribution in [0.1, 0.15) is 18.4 Å². The molecule has 3 N–H and O–H groups in total. The van der Waals surface area contributed by atoms with Gasteiger partial charge < -0.3 is 15.8 Å². The highest BCUT2D eigenvalue weighted by molar-refractivity contribution is 14.1. The Labute approximate surface area is 196 Å². The van der Waals surface area contributed by atoms with Gasteiger partial charge in [0.05, 0.1) is 11.2 Å². The molecule has 0 aliphatic carbocycles. The SMILES string of the molecule is NC(=O)Nc1ccc(Oc2ccnc3cc(C4=CN=CC(I)CC4)ccc23)c(F)c1Cl. The van der Waals surface area contributed by atoms with Crippen LogP contribution in [0.15, 0.2) is 53.8 Å². The second-order valence-corrected chi connectivity index (χ2v) is 8.86. The van der Waals surface area contributed by atoms with Crippen molar-refractivity contribution in [3.8, 4) is 11.5 Å². The number of amides is 2. The Morgan fingerprint density at radius 3 is 2.90 bits per heavy atom. The van der Waals surface area contributed by atoms with E-state index < -0.39 is 11.8 Å². The first-order valence-corrected chi connectivity index (χ1v) is 11.0. The third kappa shape index (κ3) is 4.80. The standard InChI is InChI=1S/C22H17ClFIN4O2/c23-20-16(29-22(26)30)5-6-19(21(20)24)31-18-7-8-28-17-9-12(2-4-15(17)18)13-1-3-14(25)11-27-10-13/h2,4-11,14H,1,3H2,(H3,26,29,30). The molecule has 158 valence electrons. The smallest absolute Gasteiger partial charge is 0.316 e. The van der Waals surface area contributed by atoms with Crippen molar-refractivity contribution in [3.05, 3.63) is 65.2 Å². The Hall–Kier alpha value is -2.72. The molecule has 31 heavy (non-hydrogen) atoms. The molecular formula is C22H17ClFIN4O2. The fourth-order valence-corrected chi connectivity index (χ4v) is 3.95. The Morgan fingerprint density at radius 1 is 1.26 bits per heavy atom. The number of carbonyl (C=O) groups is 1. The number of aliphatic imine (C=N–C) groups is 1. The number of pyridine rings is 1. The number of hydrogen-bond acceptors (Lipinski definition) is 4. The quantitative estimate of drug-likeness (QED) is 0.294. The molecule has 6 nitrogen and oxygen atoms in total. The first-order valence-electron chi connectivity index (χ1n) is 9.40. The van der Waals surface area contributed by atoms with Crippen LogP contribution in [0, 0.1) is 5.82 Å². The van der Waals surface area contributed by atoms with Crippen molar-refractivity contribution < 1.29 is 13.9 Å². The lowest BCUT2D eigenvalue weighted by Crippen LogP contribution is -2.19. The number of ether oxygens (including phenoxy) is 1. The lowest BCUT2D eigenvalue weighted by atomic mass is 10.00. The maximum Gasteiger partial charge on any atom is 0.316 e. The number of urea groups is 1. The number of alkyl halides is 1. The molecule has 2 amide bonds. The molecule has 0 spiro atoms. The number of anilines is 1. The first kappa shape index (κ1) is 21.5. The largest absolute Gasteiger partial charge is 0.453 e. The lowest BCUT2D eigenvalue weighted by molar-refractivity contribution is 0.259. The van der Waals surface area contributed by atoms with Gasteiger partial charge in [0.15, 0.2) is 11.6 Å². The Balaban J connectivity index is 1.65. The molecular weight excluding hydrogens is 534 g/mol. The van der Waals surface area contributed by atoms with E-state index in [4.69, 9.17) is 22.1 Å². The van der Waals surface area contributed by atoms with Crippen LogP contribution >= 0.6 is 34.2 Å². The van der Waals surface area contributed by atoms with E-state index in [0.717, 1.165) is 29.4 Å². The third-order valence-corrected chi connectivity index (χ3v) is 6.08. The van der Waals surface area contributed by atoms with Crippen LogP contribution in [0.4, 0.5) is 14.9 Å². The van der Waals surface area contributed by atoms with Gasteiger partial charge in [-0.25, -0.2) is 9.18 Å². The number of nitrogens with zero attached hydrogens (tertiary/aromatic N) is 2. The number of hydrogen-bond donors (Lipinski definition) is 2. The number of carbonyl (C=O) groups excluding carboxylic acids is 1. The minimum Gasteiger partial charge on any atom is -0.453 e. The van der Waals surface area contributed by atoms with Crippen molar-refractivity contribution in [2.24, 2.45) is 10.7 Å². The highest BCUT2D eigenvalue weighted by Crippen LogP contribution is 2.37. The van der Waals surface area contributed by atoms with Gasteiger partial charge in [0.2, 0.25) is 0 Å².